The number of hydrogen-bond donors (Lipinski definition) is 0. The molecule has 0 heterocycles. The van der Waals surface area contributed by atoms with Crippen molar-refractivity contribution in [2.24, 2.45) is 0 Å². The van der Waals surface area contributed by atoms with Crippen molar-refractivity contribution in [2.45, 2.75) is 41.5 Å². The predicted octanol–water partition coefficient (Wildman–Crippen LogP) is 5.87. The van der Waals surface area contributed by atoms with Crippen LogP contribution in [0, 0.1) is 41.5 Å². The van der Waals surface area contributed by atoms with Crippen LogP contribution in [0.25, 0.3) is 0 Å². The van der Waals surface area contributed by atoms with Gasteiger partial charge >= 0.3 is 8.60 Å². The molecule has 23 heavy (non-hydrogen) atoms. The van der Waals surface area contributed by atoms with Crippen molar-refractivity contribution in [1.29, 1.82) is 0 Å². The molecule has 0 unspecified atom stereocenters. The van der Waals surface area contributed by atoms with E-state index in [2.05, 4.69) is 38.1 Å². The summed E-state index contributed by atoms with van der Waals surface area (Å²) in [4.78, 5) is 0. The third-order valence-corrected chi connectivity index (χ3v) is 4.65. The fraction of sp³-hybridized carbons (Fsp3) is 0.368. The van der Waals surface area contributed by atoms with Gasteiger partial charge in [-0.25, -0.2) is 0 Å². The van der Waals surface area contributed by atoms with Crippen LogP contribution < -0.4 is 9.05 Å². The average molecular weight is 332 g/mol. The molecular weight excluding hydrogens is 307 g/mol. The molecule has 0 aromatic heterocycles. The van der Waals surface area contributed by atoms with Crippen LogP contribution in [0.1, 0.15) is 33.4 Å². The number of benzene rings is 2. The lowest BCUT2D eigenvalue weighted by atomic mass is 10.1. The Morgan fingerprint density at radius 3 is 1.17 bits per heavy atom. The van der Waals surface area contributed by atoms with E-state index < -0.39 is 8.60 Å². The highest BCUT2D eigenvalue weighted by molar-refractivity contribution is 7.42. The predicted molar refractivity (Wildman–Crippen MR) is 96.5 cm³/mol. The minimum absolute atomic E-state index is 0.839. The van der Waals surface area contributed by atoms with E-state index in [9.17, 15) is 0 Å². The van der Waals surface area contributed by atoms with Gasteiger partial charge in [0.2, 0.25) is 0 Å². The van der Waals surface area contributed by atoms with Crippen molar-refractivity contribution in [3.63, 3.8) is 0 Å². The van der Waals surface area contributed by atoms with Crippen LogP contribution in [0.15, 0.2) is 24.3 Å². The highest BCUT2D eigenvalue weighted by atomic mass is 31.2. The Kier molecular flexibility index (Phi) is 5.67. The van der Waals surface area contributed by atoms with Gasteiger partial charge < -0.3 is 9.05 Å². The van der Waals surface area contributed by atoms with Gasteiger partial charge in [-0.1, -0.05) is 35.4 Å². The maximum Gasteiger partial charge on any atom is 0.462 e. The van der Waals surface area contributed by atoms with Crippen LogP contribution in [0.3, 0.4) is 0 Å². The molecule has 0 aliphatic carbocycles. The first kappa shape index (κ1) is 17.8. The second-order valence-corrected chi connectivity index (χ2v) is 7.22. The van der Waals surface area contributed by atoms with Gasteiger partial charge in [-0.3, -0.25) is 4.52 Å². The van der Waals surface area contributed by atoms with Crippen LogP contribution >= 0.6 is 8.60 Å². The number of aryl methyl sites for hydroxylation is 6. The summed E-state index contributed by atoms with van der Waals surface area (Å²) >= 11 is 0. The summed E-state index contributed by atoms with van der Waals surface area (Å²) < 4.78 is 17.5. The molecule has 3 nitrogen and oxygen atoms in total. The van der Waals surface area contributed by atoms with Gasteiger partial charge in [-0.15, -0.1) is 0 Å². The Morgan fingerprint density at radius 2 is 0.913 bits per heavy atom. The van der Waals surface area contributed by atoms with Gasteiger partial charge in [-0.2, -0.15) is 0 Å². The van der Waals surface area contributed by atoms with Crippen LogP contribution in [0.2, 0.25) is 0 Å². The molecule has 0 aliphatic heterocycles. The highest BCUT2D eigenvalue weighted by Crippen LogP contribution is 2.44. The Labute approximate surface area is 140 Å². The average Bonchev–Trinajstić information content (AvgIpc) is 2.44. The zero-order valence-corrected chi connectivity index (χ0v) is 15.9. The largest absolute Gasteiger partial charge is 0.462 e. The highest BCUT2D eigenvalue weighted by Gasteiger charge is 2.20. The van der Waals surface area contributed by atoms with E-state index in [1.807, 2.05) is 27.7 Å². The summed E-state index contributed by atoms with van der Waals surface area (Å²) in [6.45, 7) is 12.3. The number of hydrogen-bond acceptors (Lipinski definition) is 3. The zero-order valence-electron chi connectivity index (χ0n) is 15.0. The van der Waals surface area contributed by atoms with E-state index in [0.717, 1.165) is 33.8 Å². The maximum atomic E-state index is 6.04. The summed E-state index contributed by atoms with van der Waals surface area (Å²) in [7, 11) is 0.119. The first-order valence-electron chi connectivity index (χ1n) is 7.67. The van der Waals surface area contributed by atoms with E-state index in [0.29, 0.717) is 0 Å². The molecule has 0 fully saturated rings. The van der Waals surface area contributed by atoms with Crippen molar-refractivity contribution in [1.82, 2.24) is 0 Å². The molecule has 124 valence electrons. The molecule has 0 aliphatic rings. The third kappa shape index (κ3) is 4.25. The quantitative estimate of drug-likeness (QED) is 0.641. The van der Waals surface area contributed by atoms with E-state index in [4.69, 9.17) is 13.6 Å². The van der Waals surface area contributed by atoms with Crippen LogP contribution in [-0.4, -0.2) is 7.11 Å². The topological polar surface area (TPSA) is 27.7 Å². The maximum absolute atomic E-state index is 6.04. The van der Waals surface area contributed by atoms with E-state index in [-0.39, 0.29) is 0 Å². The summed E-state index contributed by atoms with van der Waals surface area (Å²) in [5, 5.41) is 0. The Morgan fingerprint density at radius 1 is 0.609 bits per heavy atom. The minimum Gasteiger partial charge on any atom is -0.417 e. The first-order valence-corrected chi connectivity index (χ1v) is 8.77. The van der Waals surface area contributed by atoms with Crippen LogP contribution in [0.4, 0.5) is 0 Å². The van der Waals surface area contributed by atoms with Crippen molar-refractivity contribution in [2.75, 3.05) is 7.11 Å². The SMILES string of the molecule is COP(Oc1c(C)cc(C)cc1C)Oc1c(C)cc(C)cc1C. The molecule has 0 bridgehead atoms. The van der Waals surface area contributed by atoms with Crippen molar-refractivity contribution >= 4 is 8.60 Å². The second-order valence-electron chi connectivity index (χ2n) is 6.04. The molecule has 4 heteroatoms. The molecule has 2 aromatic carbocycles. The Balaban J connectivity index is 2.26. The van der Waals surface area contributed by atoms with Gasteiger partial charge in [0.15, 0.2) is 0 Å². The second kappa shape index (κ2) is 7.33. The lowest BCUT2D eigenvalue weighted by Gasteiger charge is -2.21. The van der Waals surface area contributed by atoms with E-state index in [1.165, 1.54) is 11.1 Å². The summed E-state index contributed by atoms with van der Waals surface area (Å²) in [5.41, 5.74) is 6.81. The fourth-order valence-corrected chi connectivity index (χ4v) is 3.92. The Hall–Kier alpha value is -1.57. The first-order chi connectivity index (χ1) is 10.8. The van der Waals surface area contributed by atoms with Crippen molar-refractivity contribution < 1.29 is 13.6 Å². The Bertz CT molecular complexity index is 604. The van der Waals surface area contributed by atoms with Crippen LogP contribution in [0.5, 0.6) is 11.5 Å². The monoisotopic (exact) mass is 332 g/mol. The zero-order chi connectivity index (χ0) is 17.1. The summed E-state index contributed by atoms with van der Waals surface area (Å²) in [5.74, 6) is 1.68. The molecular formula is C19H25O3P. The van der Waals surface area contributed by atoms with Gasteiger partial charge in [0, 0.05) is 7.11 Å². The number of rotatable bonds is 5. The summed E-state index contributed by atoms with van der Waals surface area (Å²) in [6, 6.07) is 8.42. The van der Waals surface area contributed by atoms with Crippen molar-refractivity contribution in [3.8, 4) is 11.5 Å². The standard InChI is InChI=1S/C19H25O3P/c1-12-8-14(3)18(15(4)9-12)21-23(20-7)22-19-16(5)10-13(2)11-17(19)6/h8-11H,1-7H3. The molecule has 0 radical (unpaired) electrons. The van der Waals surface area contributed by atoms with E-state index >= 15 is 0 Å². The molecule has 0 atom stereocenters. The van der Waals surface area contributed by atoms with Gasteiger partial charge in [0.1, 0.15) is 11.5 Å². The molecule has 0 amide bonds. The van der Waals surface area contributed by atoms with Crippen molar-refractivity contribution in [3.05, 3.63) is 57.6 Å². The molecule has 0 spiro atoms. The van der Waals surface area contributed by atoms with Crippen LogP contribution in [-0.2, 0) is 4.52 Å². The summed E-state index contributed by atoms with van der Waals surface area (Å²) in [6.07, 6.45) is 0. The lowest BCUT2D eigenvalue weighted by molar-refractivity contribution is 0.320. The minimum atomic E-state index is -1.50. The molecule has 0 saturated carbocycles. The fourth-order valence-electron chi connectivity index (χ4n) is 2.86. The molecule has 0 saturated heterocycles. The van der Waals surface area contributed by atoms with Gasteiger partial charge in [0.25, 0.3) is 0 Å². The van der Waals surface area contributed by atoms with Gasteiger partial charge in [0.05, 0.1) is 0 Å². The molecule has 0 N–H and O–H groups in total. The molecule has 2 aromatic rings. The third-order valence-electron chi connectivity index (χ3n) is 3.69. The van der Waals surface area contributed by atoms with Gasteiger partial charge in [-0.05, 0) is 63.8 Å². The van der Waals surface area contributed by atoms with E-state index in [1.54, 1.807) is 7.11 Å². The smallest absolute Gasteiger partial charge is 0.417 e. The molecule has 2 rings (SSSR count). The lowest BCUT2D eigenvalue weighted by Crippen LogP contribution is -2.02. The normalized spacial score (nSPS) is 11.0.